The van der Waals surface area contributed by atoms with Crippen LogP contribution in [0.5, 0.6) is 5.75 Å². The number of methoxy groups -OCH3 is 1. The number of nitrogens with one attached hydrogen (secondary N) is 1. The molecule has 1 N–H and O–H groups in total. The van der Waals surface area contributed by atoms with E-state index in [0.717, 1.165) is 41.7 Å². The van der Waals surface area contributed by atoms with Crippen LogP contribution in [-0.2, 0) is 16.0 Å². The van der Waals surface area contributed by atoms with E-state index in [1.807, 2.05) is 43.0 Å². The van der Waals surface area contributed by atoms with Crippen molar-refractivity contribution < 1.29 is 14.3 Å². The van der Waals surface area contributed by atoms with Gasteiger partial charge in [0.1, 0.15) is 5.75 Å². The normalized spacial score (nSPS) is 20.8. The number of carbonyl (C=O) groups excluding carboxylic acids is 2. The highest BCUT2D eigenvalue weighted by Crippen LogP contribution is 2.38. The molecule has 5 heteroatoms. The Labute approximate surface area is 191 Å². The molecule has 2 amide bonds. The quantitative estimate of drug-likeness (QED) is 0.701. The lowest BCUT2D eigenvalue weighted by Crippen LogP contribution is -2.48. The van der Waals surface area contributed by atoms with E-state index in [2.05, 4.69) is 29.6 Å². The van der Waals surface area contributed by atoms with Crippen molar-refractivity contribution in [3.8, 4) is 16.9 Å². The number of amides is 2. The summed E-state index contributed by atoms with van der Waals surface area (Å²) in [6.45, 7) is 5.15. The molecule has 1 saturated heterocycles. The van der Waals surface area contributed by atoms with Crippen molar-refractivity contribution in [3.63, 3.8) is 0 Å². The van der Waals surface area contributed by atoms with Gasteiger partial charge in [-0.15, -0.1) is 0 Å². The maximum atomic E-state index is 13.3. The largest absolute Gasteiger partial charge is 0.496 e. The topological polar surface area (TPSA) is 58.6 Å². The SMILES string of the molecule is COc1ccccc1-c1ccc(C[C@@]2(C(=O)NC(C)C)CCN(C(=O)C3CCC3)C2)cc1. The van der Waals surface area contributed by atoms with E-state index < -0.39 is 5.41 Å². The average Bonchev–Trinajstić information content (AvgIpc) is 3.18. The summed E-state index contributed by atoms with van der Waals surface area (Å²) in [6, 6.07) is 16.4. The Bertz CT molecular complexity index is 965. The fourth-order valence-corrected chi connectivity index (χ4v) is 4.88. The number of benzene rings is 2. The van der Waals surface area contributed by atoms with Gasteiger partial charge in [-0.25, -0.2) is 0 Å². The van der Waals surface area contributed by atoms with Gasteiger partial charge in [-0.3, -0.25) is 9.59 Å². The summed E-state index contributed by atoms with van der Waals surface area (Å²) < 4.78 is 5.50. The number of ether oxygens (including phenoxy) is 1. The number of hydrogen-bond donors (Lipinski definition) is 1. The zero-order valence-electron chi connectivity index (χ0n) is 19.4. The van der Waals surface area contributed by atoms with Gasteiger partial charge in [-0.2, -0.15) is 0 Å². The van der Waals surface area contributed by atoms with Crippen molar-refractivity contribution in [2.75, 3.05) is 20.2 Å². The number of nitrogens with zero attached hydrogens (tertiary/aromatic N) is 1. The van der Waals surface area contributed by atoms with Crippen LogP contribution in [0.25, 0.3) is 11.1 Å². The van der Waals surface area contributed by atoms with Crippen LogP contribution in [0.1, 0.15) is 45.1 Å². The van der Waals surface area contributed by atoms with Gasteiger partial charge in [-0.05, 0) is 56.7 Å². The minimum Gasteiger partial charge on any atom is -0.496 e. The van der Waals surface area contributed by atoms with Crippen molar-refractivity contribution in [3.05, 3.63) is 54.1 Å². The summed E-state index contributed by atoms with van der Waals surface area (Å²) in [7, 11) is 1.68. The Morgan fingerprint density at radius 1 is 1.12 bits per heavy atom. The molecule has 2 fully saturated rings. The van der Waals surface area contributed by atoms with Crippen molar-refractivity contribution in [2.24, 2.45) is 11.3 Å². The minimum atomic E-state index is -0.574. The van der Waals surface area contributed by atoms with Gasteiger partial charge >= 0.3 is 0 Å². The zero-order valence-corrected chi connectivity index (χ0v) is 19.4. The number of likely N-dealkylation sites (tertiary alicyclic amines) is 1. The standard InChI is InChI=1S/C27H34N2O3/c1-19(2)28-26(31)27(15-16-29(18-27)25(30)22-7-6-8-22)17-20-11-13-21(14-12-20)23-9-4-5-10-24(23)32-3/h4-5,9-14,19,22H,6-8,15-18H2,1-3H3,(H,28,31)/t27-/m0/s1. The van der Waals surface area contributed by atoms with E-state index in [1.165, 1.54) is 0 Å². The smallest absolute Gasteiger partial charge is 0.228 e. The molecule has 2 aromatic carbocycles. The van der Waals surface area contributed by atoms with E-state index in [9.17, 15) is 9.59 Å². The second-order valence-corrected chi connectivity index (χ2v) is 9.62. The Balaban J connectivity index is 1.55. The zero-order chi connectivity index (χ0) is 22.7. The highest BCUT2D eigenvalue weighted by molar-refractivity contribution is 5.86. The van der Waals surface area contributed by atoms with Gasteiger partial charge in [0, 0.05) is 30.6 Å². The van der Waals surface area contributed by atoms with Crippen molar-refractivity contribution in [1.29, 1.82) is 0 Å². The highest BCUT2D eigenvalue weighted by Gasteiger charge is 2.47. The summed E-state index contributed by atoms with van der Waals surface area (Å²) >= 11 is 0. The Morgan fingerprint density at radius 3 is 2.47 bits per heavy atom. The predicted molar refractivity (Wildman–Crippen MR) is 126 cm³/mol. The fourth-order valence-electron chi connectivity index (χ4n) is 4.88. The maximum absolute atomic E-state index is 13.3. The maximum Gasteiger partial charge on any atom is 0.228 e. The molecule has 1 saturated carbocycles. The van der Waals surface area contributed by atoms with Crippen molar-refractivity contribution in [2.45, 2.75) is 52.0 Å². The monoisotopic (exact) mass is 434 g/mol. The lowest BCUT2D eigenvalue weighted by atomic mass is 9.79. The molecule has 1 atom stereocenters. The lowest BCUT2D eigenvalue weighted by Gasteiger charge is -2.32. The van der Waals surface area contributed by atoms with Crippen LogP contribution in [0, 0.1) is 11.3 Å². The van der Waals surface area contributed by atoms with E-state index in [-0.39, 0.29) is 23.8 Å². The molecule has 4 rings (SSSR count). The second-order valence-electron chi connectivity index (χ2n) is 9.62. The van der Waals surface area contributed by atoms with Gasteiger partial charge in [-0.1, -0.05) is 48.9 Å². The van der Waals surface area contributed by atoms with Crippen LogP contribution in [-0.4, -0.2) is 43.0 Å². The minimum absolute atomic E-state index is 0.0604. The molecule has 32 heavy (non-hydrogen) atoms. The molecule has 2 aromatic rings. The fraction of sp³-hybridized carbons (Fsp3) is 0.481. The molecule has 0 unspecified atom stereocenters. The molecule has 1 heterocycles. The summed E-state index contributed by atoms with van der Waals surface area (Å²) in [4.78, 5) is 28.1. The van der Waals surface area contributed by atoms with Gasteiger partial charge in [0.2, 0.25) is 11.8 Å². The van der Waals surface area contributed by atoms with Gasteiger partial charge in [0.15, 0.2) is 0 Å². The summed E-state index contributed by atoms with van der Waals surface area (Å²) in [5.74, 6) is 1.31. The molecule has 170 valence electrons. The van der Waals surface area contributed by atoms with Crippen molar-refractivity contribution in [1.82, 2.24) is 10.2 Å². The summed E-state index contributed by atoms with van der Waals surface area (Å²) in [5.41, 5.74) is 2.67. The first-order valence-corrected chi connectivity index (χ1v) is 11.7. The van der Waals surface area contributed by atoms with Crippen LogP contribution < -0.4 is 10.1 Å². The van der Waals surface area contributed by atoms with Crippen LogP contribution in [0.3, 0.4) is 0 Å². The Kier molecular flexibility index (Phi) is 6.54. The molecular formula is C27H34N2O3. The van der Waals surface area contributed by atoms with E-state index in [0.29, 0.717) is 25.9 Å². The van der Waals surface area contributed by atoms with Crippen LogP contribution in [0.2, 0.25) is 0 Å². The first-order chi connectivity index (χ1) is 15.4. The first kappa shape index (κ1) is 22.4. The van der Waals surface area contributed by atoms with Crippen LogP contribution in [0.15, 0.2) is 48.5 Å². The third kappa shape index (κ3) is 4.52. The van der Waals surface area contributed by atoms with E-state index in [1.54, 1.807) is 7.11 Å². The third-order valence-corrected chi connectivity index (χ3v) is 6.94. The van der Waals surface area contributed by atoms with Crippen LogP contribution >= 0.6 is 0 Å². The molecule has 1 aliphatic heterocycles. The van der Waals surface area contributed by atoms with Gasteiger partial charge in [0.25, 0.3) is 0 Å². The molecule has 5 nitrogen and oxygen atoms in total. The first-order valence-electron chi connectivity index (χ1n) is 11.7. The molecule has 0 aromatic heterocycles. The van der Waals surface area contributed by atoms with E-state index >= 15 is 0 Å². The molecule has 1 aliphatic carbocycles. The molecule has 0 spiro atoms. The lowest BCUT2D eigenvalue weighted by molar-refractivity contribution is -0.138. The van der Waals surface area contributed by atoms with E-state index in [4.69, 9.17) is 4.74 Å². The third-order valence-electron chi connectivity index (χ3n) is 6.94. The molecular weight excluding hydrogens is 400 g/mol. The second kappa shape index (κ2) is 9.35. The van der Waals surface area contributed by atoms with Gasteiger partial charge < -0.3 is 15.0 Å². The van der Waals surface area contributed by atoms with Crippen molar-refractivity contribution >= 4 is 11.8 Å². The number of hydrogen-bond acceptors (Lipinski definition) is 3. The van der Waals surface area contributed by atoms with Gasteiger partial charge in [0.05, 0.1) is 12.5 Å². The number of carbonyl (C=O) groups is 2. The average molecular weight is 435 g/mol. The van der Waals surface area contributed by atoms with Crippen LogP contribution in [0.4, 0.5) is 0 Å². The summed E-state index contributed by atoms with van der Waals surface area (Å²) in [5, 5.41) is 3.12. The summed E-state index contributed by atoms with van der Waals surface area (Å²) in [6.07, 6.45) is 4.46. The Hall–Kier alpha value is -2.82. The Morgan fingerprint density at radius 2 is 1.84 bits per heavy atom. The highest BCUT2D eigenvalue weighted by atomic mass is 16.5. The predicted octanol–water partition coefficient (Wildman–Crippen LogP) is 4.45. The number of para-hydroxylation sites is 1. The molecule has 2 aliphatic rings. The number of rotatable bonds is 7. The molecule has 0 bridgehead atoms. The molecule has 0 radical (unpaired) electrons.